The maximum atomic E-state index is 12.9. The van der Waals surface area contributed by atoms with Gasteiger partial charge in [-0.1, -0.05) is 31.0 Å². The van der Waals surface area contributed by atoms with Gasteiger partial charge in [0, 0.05) is 24.8 Å². The number of benzene rings is 1. The number of hydrogen-bond acceptors (Lipinski definition) is 3. The van der Waals surface area contributed by atoms with Crippen molar-refractivity contribution < 1.29 is 4.79 Å². The molecule has 1 amide bonds. The smallest absolute Gasteiger partial charge is 0.228 e. The number of nitrogens with zero attached hydrogens (tertiary/aromatic N) is 2. The molecule has 0 radical (unpaired) electrons. The number of carbonyl (C=O) groups excluding carboxylic acids is 1. The largest absolute Gasteiger partial charge is 0.351 e. The zero-order chi connectivity index (χ0) is 16.4. The monoisotopic (exact) mass is 324 g/mol. The highest BCUT2D eigenvalue weighted by Crippen LogP contribution is 2.43. The van der Waals surface area contributed by atoms with Crippen LogP contribution in [-0.2, 0) is 11.3 Å². The highest BCUT2D eigenvalue weighted by Gasteiger charge is 2.49. The Morgan fingerprint density at radius 3 is 3.08 bits per heavy atom. The van der Waals surface area contributed by atoms with E-state index < -0.39 is 0 Å². The third-order valence-electron chi connectivity index (χ3n) is 5.60. The first-order chi connectivity index (χ1) is 11.8. The topological polar surface area (TPSA) is 59.0 Å². The molecule has 126 valence electrons. The van der Waals surface area contributed by atoms with Gasteiger partial charge >= 0.3 is 0 Å². The van der Waals surface area contributed by atoms with E-state index in [1.54, 1.807) is 0 Å². The number of hydrogen-bond donors (Lipinski definition) is 2. The number of para-hydroxylation sites is 1. The van der Waals surface area contributed by atoms with Crippen LogP contribution in [0.5, 0.6) is 0 Å². The van der Waals surface area contributed by atoms with Crippen molar-refractivity contribution in [3.8, 4) is 5.69 Å². The summed E-state index contributed by atoms with van der Waals surface area (Å²) in [4.78, 5) is 12.9. The van der Waals surface area contributed by atoms with E-state index in [-0.39, 0.29) is 11.3 Å². The molecule has 1 saturated heterocycles. The van der Waals surface area contributed by atoms with Crippen molar-refractivity contribution in [2.75, 3.05) is 13.1 Å². The van der Waals surface area contributed by atoms with E-state index in [1.165, 1.54) is 12.8 Å². The van der Waals surface area contributed by atoms with Crippen LogP contribution in [0, 0.1) is 11.3 Å². The second-order valence-electron chi connectivity index (χ2n) is 7.04. The molecule has 2 N–H and O–H groups in total. The van der Waals surface area contributed by atoms with E-state index in [0.29, 0.717) is 12.5 Å². The first-order valence-electron chi connectivity index (χ1n) is 8.86. The molecule has 24 heavy (non-hydrogen) atoms. The molecule has 1 aromatic carbocycles. The van der Waals surface area contributed by atoms with Gasteiger partial charge in [-0.15, -0.1) is 0 Å². The lowest BCUT2D eigenvalue weighted by atomic mass is 9.67. The molecule has 0 bridgehead atoms. The van der Waals surface area contributed by atoms with E-state index in [4.69, 9.17) is 0 Å². The van der Waals surface area contributed by atoms with Gasteiger partial charge in [-0.3, -0.25) is 4.79 Å². The summed E-state index contributed by atoms with van der Waals surface area (Å²) in [6.07, 6.45) is 8.42. The predicted molar refractivity (Wildman–Crippen MR) is 92.7 cm³/mol. The van der Waals surface area contributed by atoms with Gasteiger partial charge in [-0.2, -0.15) is 5.10 Å². The van der Waals surface area contributed by atoms with E-state index in [9.17, 15) is 4.79 Å². The fraction of sp³-hybridized carbons (Fsp3) is 0.474. The third kappa shape index (κ3) is 2.73. The average molecular weight is 324 g/mol. The normalized spacial score (nSPS) is 26.1. The van der Waals surface area contributed by atoms with Gasteiger partial charge in [-0.05, 0) is 37.4 Å². The molecule has 0 spiro atoms. The van der Waals surface area contributed by atoms with Gasteiger partial charge in [0.15, 0.2) is 0 Å². The second-order valence-corrected chi connectivity index (χ2v) is 7.04. The number of carbonyl (C=O) groups is 1. The lowest BCUT2D eigenvalue weighted by molar-refractivity contribution is -0.134. The van der Waals surface area contributed by atoms with Crippen molar-refractivity contribution >= 4 is 5.91 Å². The molecule has 1 aliphatic heterocycles. The molecule has 1 aliphatic carbocycles. The average Bonchev–Trinajstić information content (AvgIpc) is 3.28. The van der Waals surface area contributed by atoms with Crippen LogP contribution < -0.4 is 10.6 Å². The lowest BCUT2D eigenvalue weighted by Crippen LogP contribution is -2.47. The standard InChI is InChI=1S/C19H24N4O/c24-18(19-9-5-4-6-16(19)12-20-14-19)21-10-15-11-22-23(13-15)17-7-2-1-3-8-17/h1-3,7-8,11,13,16,20H,4-6,9-10,12,14H2,(H,21,24)/t16-,19+/m0/s1. The Kier molecular flexibility index (Phi) is 4.10. The summed E-state index contributed by atoms with van der Waals surface area (Å²) in [6, 6.07) is 10.0. The molecule has 2 heterocycles. The highest BCUT2D eigenvalue weighted by molar-refractivity contribution is 5.83. The Morgan fingerprint density at radius 2 is 2.21 bits per heavy atom. The Hall–Kier alpha value is -2.14. The van der Waals surface area contributed by atoms with E-state index in [2.05, 4.69) is 15.7 Å². The zero-order valence-electron chi connectivity index (χ0n) is 13.9. The van der Waals surface area contributed by atoms with Crippen molar-refractivity contribution in [1.82, 2.24) is 20.4 Å². The Bertz CT molecular complexity index is 711. The molecule has 5 heteroatoms. The van der Waals surface area contributed by atoms with Crippen LogP contribution in [-0.4, -0.2) is 28.8 Å². The van der Waals surface area contributed by atoms with Gasteiger partial charge in [-0.25, -0.2) is 4.68 Å². The van der Waals surface area contributed by atoms with Crippen LogP contribution in [0.1, 0.15) is 31.2 Å². The van der Waals surface area contributed by atoms with Crippen LogP contribution in [0.4, 0.5) is 0 Å². The fourth-order valence-corrected chi connectivity index (χ4v) is 4.22. The SMILES string of the molecule is O=C(NCc1cnn(-c2ccccc2)c1)[C@@]12CCCC[C@H]1CNC2. The van der Waals surface area contributed by atoms with E-state index >= 15 is 0 Å². The van der Waals surface area contributed by atoms with E-state index in [1.807, 2.05) is 47.4 Å². The number of rotatable bonds is 4. The van der Waals surface area contributed by atoms with Crippen LogP contribution >= 0.6 is 0 Å². The van der Waals surface area contributed by atoms with Gasteiger partial charge in [0.05, 0.1) is 17.3 Å². The van der Waals surface area contributed by atoms with E-state index in [0.717, 1.165) is 37.2 Å². The van der Waals surface area contributed by atoms with Crippen molar-refractivity contribution in [3.05, 3.63) is 48.3 Å². The summed E-state index contributed by atoms with van der Waals surface area (Å²) < 4.78 is 1.85. The van der Waals surface area contributed by atoms with Crippen molar-refractivity contribution in [3.63, 3.8) is 0 Å². The summed E-state index contributed by atoms with van der Waals surface area (Å²) in [5.74, 6) is 0.711. The molecular weight excluding hydrogens is 300 g/mol. The zero-order valence-corrected chi connectivity index (χ0v) is 13.9. The second kappa shape index (κ2) is 6.40. The highest BCUT2D eigenvalue weighted by atomic mass is 16.2. The van der Waals surface area contributed by atoms with Crippen molar-refractivity contribution in [2.24, 2.45) is 11.3 Å². The lowest BCUT2D eigenvalue weighted by Gasteiger charge is -2.37. The summed E-state index contributed by atoms with van der Waals surface area (Å²) in [5, 5.41) is 11.0. The maximum absolute atomic E-state index is 12.9. The molecule has 5 nitrogen and oxygen atoms in total. The predicted octanol–water partition coefficient (Wildman–Crippen LogP) is 2.27. The van der Waals surface area contributed by atoms with Gasteiger partial charge in [0.2, 0.25) is 5.91 Å². The molecule has 2 fully saturated rings. The van der Waals surface area contributed by atoms with Crippen molar-refractivity contribution in [1.29, 1.82) is 0 Å². The Labute approximate surface area is 142 Å². The number of fused-ring (bicyclic) bond motifs is 1. The number of aromatic nitrogens is 2. The summed E-state index contributed by atoms with van der Waals surface area (Å²) in [5.41, 5.74) is 1.87. The van der Waals surface area contributed by atoms with Crippen LogP contribution in [0.25, 0.3) is 5.69 Å². The molecule has 1 saturated carbocycles. The van der Waals surface area contributed by atoms with Gasteiger partial charge < -0.3 is 10.6 Å². The van der Waals surface area contributed by atoms with Gasteiger partial charge in [0.1, 0.15) is 0 Å². The minimum atomic E-state index is -0.187. The van der Waals surface area contributed by atoms with Crippen LogP contribution in [0.15, 0.2) is 42.7 Å². The molecule has 4 rings (SSSR count). The summed E-state index contributed by atoms with van der Waals surface area (Å²) in [6.45, 7) is 2.35. The summed E-state index contributed by atoms with van der Waals surface area (Å²) >= 11 is 0. The molecule has 2 aliphatic rings. The number of amides is 1. The molecule has 0 unspecified atom stereocenters. The molecule has 1 aromatic heterocycles. The molecule has 2 aromatic rings. The fourth-order valence-electron chi connectivity index (χ4n) is 4.22. The van der Waals surface area contributed by atoms with Crippen LogP contribution in [0.3, 0.4) is 0 Å². The molecule has 2 atom stereocenters. The first-order valence-corrected chi connectivity index (χ1v) is 8.86. The quantitative estimate of drug-likeness (QED) is 0.907. The van der Waals surface area contributed by atoms with Gasteiger partial charge in [0.25, 0.3) is 0 Å². The Morgan fingerprint density at radius 1 is 1.33 bits per heavy atom. The maximum Gasteiger partial charge on any atom is 0.228 e. The summed E-state index contributed by atoms with van der Waals surface area (Å²) in [7, 11) is 0. The number of nitrogens with one attached hydrogen (secondary N) is 2. The third-order valence-corrected chi connectivity index (χ3v) is 5.60. The first kappa shape index (κ1) is 15.4. The van der Waals surface area contributed by atoms with Crippen LogP contribution in [0.2, 0.25) is 0 Å². The minimum Gasteiger partial charge on any atom is -0.351 e. The minimum absolute atomic E-state index is 0.187. The van der Waals surface area contributed by atoms with Crippen molar-refractivity contribution in [2.45, 2.75) is 32.2 Å². The Balaban J connectivity index is 1.42. The molecular formula is C19H24N4O.